The Morgan fingerprint density at radius 2 is 1.07 bits per heavy atom. The molecule has 0 heterocycles. The summed E-state index contributed by atoms with van der Waals surface area (Å²) in [5.74, 6) is -2.77. The van der Waals surface area contributed by atoms with Crippen LogP contribution in [0, 0.1) is 0 Å². The van der Waals surface area contributed by atoms with Crippen molar-refractivity contribution >= 4 is 11.9 Å². The van der Waals surface area contributed by atoms with Crippen LogP contribution in [0.1, 0.15) is 12.8 Å². The molecule has 0 aromatic carbocycles. The van der Waals surface area contributed by atoms with Gasteiger partial charge in [0.1, 0.15) is 0 Å². The zero-order valence-corrected chi connectivity index (χ0v) is 7.43. The minimum absolute atomic E-state index is 0.239. The quantitative estimate of drug-likeness (QED) is 0.422. The Hall–Kier alpha value is -1.40. The SMILES string of the molecule is O=C(O)C(CCO)=C(CCO)C(=O)O. The summed E-state index contributed by atoms with van der Waals surface area (Å²) in [5, 5.41) is 34.3. The van der Waals surface area contributed by atoms with E-state index >= 15 is 0 Å². The zero-order valence-electron chi connectivity index (χ0n) is 7.43. The number of carbonyl (C=O) groups is 2. The molecule has 0 atom stereocenters. The van der Waals surface area contributed by atoms with Gasteiger partial charge in [0, 0.05) is 37.2 Å². The van der Waals surface area contributed by atoms with Gasteiger partial charge in [0.2, 0.25) is 0 Å². The van der Waals surface area contributed by atoms with Crippen molar-refractivity contribution < 1.29 is 30.0 Å². The first-order chi connectivity index (χ1) is 6.54. The fourth-order valence-electron chi connectivity index (χ4n) is 0.997. The fourth-order valence-corrected chi connectivity index (χ4v) is 0.997. The van der Waals surface area contributed by atoms with Crippen LogP contribution in [0.15, 0.2) is 11.1 Å². The lowest BCUT2D eigenvalue weighted by Gasteiger charge is -2.05. The summed E-state index contributed by atoms with van der Waals surface area (Å²) in [4.78, 5) is 21.2. The van der Waals surface area contributed by atoms with E-state index in [1.807, 2.05) is 0 Å². The molecule has 80 valence electrons. The minimum Gasteiger partial charge on any atom is -0.478 e. The Balaban J connectivity index is 5.03. The van der Waals surface area contributed by atoms with Gasteiger partial charge in [-0.15, -0.1) is 0 Å². The Kier molecular flexibility index (Phi) is 5.50. The molecular weight excluding hydrogens is 192 g/mol. The first-order valence-electron chi connectivity index (χ1n) is 3.95. The largest absolute Gasteiger partial charge is 0.478 e. The molecule has 0 radical (unpaired) electrons. The number of hydrogen-bond donors (Lipinski definition) is 4. The maximum atomic E-state index is 10.6. The fraction of sp³-hybridized carbons (Fsp3) is 0.500. The zero-order chi connectivity index (χ0) is 11.1. The summed E-state index contributed by atoms with van der Waals surface area (Å²) in [6, 6.07) is 0. The smallest absolute Gasteiger partial charge is 0.332 e. The molecule has 0 bridgehead atoms. The summed E-state index contributed by atoms with van der Waals surface area (Å²) in [6.45, 7) is -0.881. The average molecular weight is 204 g/mol. The van der Waals surface area contributed by atoms with Gasteiger partial charge in [-0.2, -0.15) is 0 Å². The second-order valence-corrected chi connectivity index (χ2v) is 2.51. The lowest BCUT2D eigenvalue weighted by Crippen LogP contribution is -2.13. The molecule has 6 nitrogen and oxygen atoms in total. The molecule has 0 aliphatic rings. The molecule has 0 spiro atoms. The molecule has 0 aliphatic carbocycles. The van der Waals surface area contributed by atoms with E-state index in [9.17, 15) is 9.59 Å². The van der Waals surface area contributed by atoms with E-state index in [2.05, 4.69) is 0 Å². The van der Waals surface area contributed by atoms with Crippen LogP contribution in [0.25, 0.3) is 0 Å². The third kappa shape index (κ3) is 3.55. The van der Waals surface area contributed by atoms with Crippen molar-refractivity contribution in [2.75, 3.05) is 13.2 Å². The van der Waals surface area contributed by atoms with Crippen molar-refractivity contribution in [3.8, 4) is 0 Å². The monoisotopic (exact) mass is 204 g/mol. The molecule has 0 aliphatic heterocycles. The van der Waals surface area contributed by atoms with Crippen LogP contribution >= 0.6 is 0 Å². The van der Waals surface area contributed by atoms with Gasteiger partial charge in [0.15, 0.2) is 0 Å². The topological polar surface area (TPSA) is 115 Å². The Bertz CT molecular complexity index is 229. The molecule has 4 N–H and O–H groups in total. The molecule has 0 saturated heterocycles. The number of hydrogen-bond acceptors (Lipinski definition) is 4. The molecule has 0 saturated carbocycles. The number of aliphatic carboxylic acids is 2. The molecule has 0 aromatic heterocycles. The van der Waals surface area contributed by atoms with E-state index in [1.54, 1.807) is 0 Å². The van der Waals surface area contributed by atoms with Crippen LogP contribution in [0.2, 0.25) is 0 Å². The van der Waals surface area contributed by atoms with Gasteiger partial charge in [0.05, 0.1) is 0 Å². The summed E-state index contributed by atoms with van der Waals surface area (Å²) in [7, 11) is 0. The number of rotatable bonds is 6. The van der Waals surface area contributed by atoms with E-state index < -0.39 is 25.2 Å². The molecule has 14 heavy (non-hydrogen) atoms. The third-order valence-electron chi connectivity index (χ3n) is 1.60. The van der Waals surface area contributed by atoms with Gasteiger partial charge < -0.3 is 20.4 Å². The standard InChI is InChI=1S/C8H12O6/c9-3-1-5(7(11)12)6(2-4-10)8(13)14/h9-10H,1-4H2,(H,11,12)(H,13,14). The van der Waals surface area contributed by atoms with E-state index in [-0.39, 0.29) is 24.0 Å². The van der Waals surface area contributed by atoms with Crippen molar-refractivity contribution in [3.05, 3.63) is 11.1 Å². The number of carboxylic acids is 2. The number of aliphatic hydroxyl groups excluding tert-OH is 2. The molecule has 0 fully saturated rings. The predicted octanol–water partition coefficient (Wildman–Crippen LogP) is -0.783. The number of aliphatic hydroxyl groups is 2. The van der Waals surface area contributed by atoms with E-state index in [1.165, 1.54) is 0 Å². The van der Waals surface area contributed by atoms with Gasteiger partial charge in [-0.05, 0) is 0 Å². The second kappa shape index (κ2) is 6.11. The molecule has 0 amide bonds. The second-order valence-electron chi connectivity index (χ2n) is 2.51. The normalized spacial score (nSPS) is 12.1. The highest BCUT2D eigenvalue weighted by Crippen LogP contribution is 2.13. The van der Waals surface area contributed by atoms with E-state index in [4.69, 9.17) is 20.4 Å². The van der Waals surface area contributed by atoms with Gasteiger partial charge in [0.25, 0.3) is 0 Å². The first kappa shape index (κ1) is 12.6. The van der Waals surface area contributed by atoms with Crippen molar-refractivity contribution in [1.82, 2.24) is 0 Å². The van der Waals surface area contributed by atoms with Crippen LogP contribution < -0.4 is 0 Å². The molecular formula is C8H12O6. The summed E-state index contributed by atoms with van der Waals surface area (Å²) in [6.07, 6.45) is -0.478. The summed E-state index contributed by atoms with van der Waals surface area (Å²) in [5.41, 5.74) is -0.733. The highest BCUT2D eigenvalue weighted by molar-refractivity contribution is 5.98. The van der Waals surface area contributed by atoms with Gasteiger partial charge in [-0.25, -0.2) is 9.59 Å². The van der Waals surface area contributed by atoms with Gasteiger partial charge in [-0.3, -0.25) is 0 Å². The predicted molar refractivity (Wildman–Crippen MR) is 45.7 cm³/mol. The Labute approximate surface area is 80.1 Å². The molecule has 0 aromatic rings. The first-order valence-corrected chi connectivity index (χ1v) is 3.95. The Morgan fingerprint density at radius 1 is 0.786 bits per heavy atom. The van der Waals surface area contributed by atoms with Crippen LogP contribution in [-0.2, 0) is 9.59 Å². The van der Waals surface area contributed by atoms with Crippen molar-refractivity contribution in [2.45, 2.75) is 12.8 Å². The van der Waals surface area contributed by atoms with Crippen LogP contribution in [0.4, 0.5) is 0 Å². The van der Waals surface area contributed by atoms with E-state index in [0.717, 1.165) is 0 Å². The summed E-state index contributed by atoms with van der Waals surface area (Å²) >= 11 is 0. The molecule has 0 unspecified atom stereocenters. The maximum absolute atomic E-state index is 10.6. The lowest BCUT2D eigenvalue weighted by molar-refractivity contribution is -0.136. The van der Waals surface area contributed by atoms with E-state index in [0.29, 0.717) is 0 Å². The van der Waals surface area contributed by atoms with Crippen LogP contribution in [0.5, 0.6) is 0 Å². The lowest BCUT2D eigenvalue weighted by atomic mass is 10.0. The third-order valence-corrected chi connectivity index (χ3v) is 1.60. The average Bonchev–Trinajstić information content (AvgIpc) is 2.10. The van der Waals surface area contributed by atoms with Crippen LogP contribution in [0.3, 0.4) is 0 Å². The Morgan fingerprint density at radius 3 is 1.21 bits per heavy atom. The van der Waals surface area contributed by atoms with Gasteiger partial charge in [-0.1, -0.05) is 0 Å². The minimum atomic E-state index is -1.38. The van der Waals surface area contributed by atoms with Gasteiger partial charge >= 0.3 is 11.9 Å². The molecule has 0 rings (SSSR count). The van der Waals surface area contributed by atoms with Crippen LogP contribution in [-0.4, -0.2) is 45.6 Å². The number of carboxylic acid groups (broad SMARTS) is 2. The van der Waals surface area contributed by atoms with Crippen molar-refractivity contribution in [1.29, 1.82) is 0 Å². The van der Waals surface area contributed by atoms with Crippen molar-refractivity contribution in [3.63, 3.8) is 0 Å². The molecule has 6 heteroatoms. The summed E-state index contributed by atoms with van der Waals surface area (Å²) < 4.78 is 0. The highest BCUT2D eigenvalue weighted by atomic mass is 16.4. The van der Waals surface area contributed by atoms with Crippen molar-refractivity contribution in [2.24, 2.45) is 0 Å². The highest BCUT2D eigenvalue weighted by Gasteiger charge is 2.18. The maximum Gasteiger partial charge on any atom is 0.332 e.